The van der Waals surface area contributed by atoms with Crippen molar-refractivity contribution in [2.24, 2.45) is 5.92 Å². The molecule has 1 aliphatic heterocycles. The van der Waals surface area contributed by atoms with Crippen LogP contribution in [-0.4, -0.2) is 51.4 Å². The number of amides is 1. The molecule has 154 valence electrons. The second-order valence-electron chi connectivity index (χ2n) is 5.77. The van der Waals surface area contributed by atoms with Gasteiger partial charge < -0.3 is 26.0 Å². The SMILES string of the molecule is C/C=C\[C@@H]1C[C@H](C(=O)O)N[C@@H]1CCC(O)=CNC(C)=O.O=C(O)C(F)(F)F. The average Bonchev–Trinajstić information content (AvgIpc) is 2.94. The fourth-order valence-corrected chi connectivity index (χ4v) is 2.38. The van der Waals surface area contributed by atoms with Gasteiger partial charge in [0, 0.05) is 25.6 Å². The van der Waals surface area contributed by atoms with Gasteiger partial charge in [0.1, 0.15) is 11.8 Å². The minimum Gasteiger partial charge on any atom is -0.511 e. The van der Waals surface area contributed by atoms with Crippen LogP contribution < -0.4 is 10.6 Å². The minimum atomic E-state index is -5.08. The Kier molecular flexibility index (Phi) is 10.2. The molecule has 0 spiro atoms. The molecule has 0 aromatic carbocycles. The zero-order valence-corrected chi connectivity index (χ0v) is 14.8. The first-order chi connectivity index (χ1) is 12.4. The molecule has 0 bridgehead atoms. The fraction of sp³-hybridized carbons (Fsp3) is 0.562. The Morgan fingerprint density at radius 1 is 1.22 bits per heavy atom. The lowest BCUT2D eigenvalue weighted by atomic mass is 9.95. The topological polar surface area (TPSA) is 136 Å². The van der Waals surface area contributed by atoms with Crippen LogP contribution in [0.3, 0.4) is 0 Å². The van der Waals surface area contributed by atoms with Gasteiger partial charge >= 0.3 is 18.1 Å². The largest absolute Gasteiger partial charge is 0.511 e. The molecule has 1 saturated heterocycles. The summed E-state index contributed by atoms with van der Waals surface area (Å²) >= 11 is 0. The summed E-state index contributed by atoms with van der Waals surface area (Å²) in [4.78, 5) is 30.6. The van der Waals surface area contributed by atoms with Crippen LogP contribution in [0.25, 0.3) is 0 Å². The second-order valence-corrected chi connectivity index (χ2v) is 5.77. The lowest BCUT2D eigenvalue weighted by molar-refractivity contribution is -0.192. The van der Waals surface area contributed by atoms with Crippen LogP contribution in [0.5, 0.6) is 0 Å². The van der Waals surface area contributed by atoms with Crippen LogP contribution in [0.1, 0.15) is 33.1 Å². The maximum Gasteiger partial charge on any atom is 0.490 e. The number of carboxylic acid groups (broad SMARTS) is 2. The van der Waals surface area contributed by atoms with E-state index < -0.39 is 24.2 Å². The standard InChI is InChI=1S/C14H22N2O4.C2HF3O2/c1-3-4-10-7-13(14(19)20)16-12(10)6-5-11(18)8-15-9(2)17;3-2(4,5)1(6)7/h3-4,8,10,12-13,16,18H,5-7H2,1-2H3,(H,15,17)(H,19,20);(H,6,7)/b4-3-,11-8?;/t10-,12-,13-;/m1./s1. The highest BCUT2D eigenvalue weighted by atomic mass is 19.4. The summed E-state index contributed by atoms with van der Waals surface area (Å²) in [5.74, 6) is -3.62. The van der Waals surface area contributed by atoms with E-state index in [1.165, 1.54) is 13.1 Å². The number of aliphatic hydroxyl groups is 1. The number of carbonyl (C=O) groups is 3. The van der Waals surface area contributed by atoms with Crippen molar-refractivity contribution in [3.8, 4) is 0 Å². The van der Waals surface area contributed by atoms with Gasteiger partial charge in [-0.05, 0) is 25.7 Å². The van der Waals surface area contributed by atoms with E-state index in [4.69, 9.17) is 15.0 Å². The van der Waals surface area contributed by atoms with Crippen LogP contribution in [0.15, 0.2) is 24.1 Å². The van der Waals surface area contributed by atoms with Gasteiger partial charge in [-0.25, -0.2) is 4.79 Å². The number of rotatable bonds is 6. The molecule has 0 aliphatic carbocycles. The molecule has 1 aliphatic rings. The molecule has 11 heteroatoms. The van der Waals surface area contributed by atoms with Crippen molar-refractivity contribution in [1.82, 2.24) is 10.6 Å². The van der Waals surface area contributed by atoms with Crippen LogP contribution in [0.4, 0.5) is 13.2 Å². The van der Waals surface area contributed by atoms with Crippen molar-refractivity contribution < 1.29 is 42.9 Å². The second kappa shape index (κ2) is 11.2. The van der Waals surface area contributed by atoms with Gasteiger partial charge in [0.15, 0.2) is 0 Å². The van der Waals surface area contributed by atoms with Crippen LogP contribution >= 0.6 is 0 Å². The zero-order valence-electron chi connectivity index (χ0n) is 14.8. The van der Waals surface area contributed by atoms with Gasteiger partial charge in [0.25, 0.3) is 0 Å². The van der Waals surface area contributed by atoms with Crippen molar-refractivity contribution in [2.75, 3.05) is 0 Å². The summed E-state index contributed by atoms with van der Waals surface area (Å²) in [6.07, 6.45) is 1.65. The third-order valence-electron chi connectivity index (χ3n) is 3.57. The van der Waals surface area contributed by atoms with Gasteiger partial charge in [0.05, 0.1) is 0 Å². The molecule has 1 fully saturated rings. The smallest absolute Gasteiger partial charge is 0.490 e. The predicted octanol–water partition coefficient (Wildman–Crippen LogP) is 1.94. The van der Waals surface area contributed by atoms with Gasteiger partial charge in [-0.3, -0.25) is 9.59 Å². The van der Waals surface area contributed by atoms with Gasteiger partial charge in [-0.2, -0.15) is 13.2 Å². The Bertz CT molecular complexity index is 589. The molecular formula is C16H23F3N2O6. The van der Waals surface area contributed by atoms with E-state index in [0.717, 1.165) is 0 Å². The van der Waals surface area contributed by atoms with Crippen molar-refractivity contribution in [3.63, 3.8) is 0 Å². The van der Waals surface area contributed by atoms with Crippen LogP contribution in [0.2, 0.25) is 0 Å². The van der Waals surface area contributed by atoms with Crippen molar-refractivity contribution in [2.45, 2.75) is 51.4 Å². The summed E-state index contributed by atoms with van der Waals surface area (Å²) in [7, 11) is 0. The number of halogens is 3. The van der Waals surface area contributed by atoms with E-state index in [0.29, 0.717) is 19.3 Å². The van der Waals surface area contributed by atoms with E-state index in [1.807, 2.05) is 19.1 Å². The Morgan fingerprint density at radius 2 is 1.78 bits per heavy atom. The van der Waals surface area contributed by atoms with E-state index in [2.05, 4.69) is 10.6 Å². The van der Waals surface area contributed by atoms with E-state index in [-0.39, 0.29) is 23.6 Å². The lowest BCUT2D eigenvalue weighted by Crippen LogP contribution is -2.36. The van der Waals surface area contributed by atoms with Crippen molar-refractivity contribution in [3.05, 3.63) is 24.1 Å². The predicted molar refractivity (Wildman–Crippen MR) is 88.7 cm³/mol. The highest BCUT2D eigenvalue weighted by molar-refractivity contribution is 5.74. The monoisotopic (exact) mass is 396 g/mol. The van der Waals surface area contributed by atoms with E-state index >= 15 is 0 Å². The number of hydrogen-bond acceptors (Lipinski definition) is 5. The molecule has 1 heterocycles. The zero-order chi connectivity index (χ0) is 21.2. The minimum absolute atomic E-state index is 0.0141. The normalized spacial score (nSPS) is 22.9. The summed E-state index contributed by atoms with van der Waals surface area (Å²) in [6.45, 7) is 3.27. The summed E-state index contributed by atoms with van der Waals surface area (Å²) in [5, 5.41) is 31.3. The summed E-state index contributed by atoms with van der Waals surface area (Å²) in [5.41, 5.74) is 0. The van der Waals surface area contributed by atoms with Crippen molar-refractivity contribution in [1.29, 1.82) is 0 Å². The summed E-state index contributed by atoms with van der Waals surface area (Å²) in [6, 6.07) is -0.525. The quantitative estimate of drug-likeness (QED) is 0.342. The van der Waals surface area contributed by atoms with E-state index in [9.17, 15) is 27.9 Å². The highest BCUT2D eigenvalue weighted by Gasteiger charge is 2.38. The highest BCUT2D eigenvalue weighted by Crippen LogP contribution is 2.26. The summed E-state index contributed by atoms with van der Waals surface area (Å²) < 4.78 is 31.7. The molecule has 0 aromatic rings. The van der Waals surface area contributed by atoms with Gasteiger partial charge in [-0.15, -0.1) is 0 Å². The maximum absolute atomic E-state index is 11.0. The fourth-order valence-electron chi connectivity index (χ4n) is 2.38. The van der Waals surface area contributed by atoms with Crippen LogP contribution in [0, 0.1) is 5.92 Å². The van der Waals surface area contributed by atoms with Gasteiger partial charge in [0.2, 0.25) is 5.91 Å². The molecule has 0 saturated carbocycles. The molecular weight excluding hydrogens is 373 g/mol. The first kappa shape index (κ1) is 24.4. The number of alkyl halides is 3. The number of hydrogen-bond donors (Lipinski definition) is 5. The lowest BCUT2D eigenvalue weighted by Gasteiger charge is -2.16. The molecule has 3 atom stereocenters. The third-order valence-corrected chi connectivity index (χ3v) is 3.57. The molecule has 1 amide bonds. The first-order valence-corrected chi connectivity index (χ1v) is 7.95. The number of aliphatic carboxylic acids is 2. The molecule has 1 rings (SSSR count). The number of carboxylic acids is 2. The molecule has 0 aromatic heterocycles. The Labute approximate surface area is 153 Å². The Hall–Kier alpha value is -2.56. The average molecular weight is 396 g/mol. The molecule has 0 unspecified atom stereocenters. The third kappa shape index (κ3) is 10.2. The Balaban J connectivity index is 0.000000821. The van der Waals surface area contributed by atoms with Gasteiger partial charge in [-0.1, -0.05) is 12.2 Å². The molecule has 8 nitrogen and oxygen atoms in total. The maximum atomic E-state index is 11.0. The molecule has 0 radical (unpaired) electrons. The van der Waals surface area contributed by atoms with Crippen molar-refractivity contribution >= 4 is 17.8 Å². The molecule has 5 N–H and O–H groups in total. The van der Waals surface area contributed by atoms with Crippen LogP contribution in [-0.2, 0) is 14.4 Å². The number of allylic oxidation sites excluding steroid dienone is 2. The van der Waals surface area contributed by atoms with E-state index in [1.54, 1.807) is 0 Å². The number of aliphatic hydroxyl groups excluding tert-OH is 1. The molecule has 27 heavy (non-hydrogen) atoms. The number of nitrogens with one attached hydrogen (secondary N) is 2. The first-order valence-electron chi connectivity index (χ1n) is 7.95. The Morgan fingerprint density at radius 3 is 2.19 bits per heavy atom. The number of carbonyl (C=O) groups excluding carboxylic acids is 1.